The molecule has 4 heteroatoms. The lowest BCUT2D eigenvalue weighted by Crippen LogP contribution is -2.55. The number of aliphatic hydroxyl groups excluding tert-OH is 1. The summed E-state index contributed by atoms with van der Waals surface area (Å²) in [6.45, 7) is 23.5. The van der Waals surface area contributed by atoms with Crippen molar-refractivity contribution in [1.29, 1.82) is 0 Å². The van der Waals surface area contributed by atoms with Gasteiger partial charge in [-0.15, -0.1) is 0 Å². The number of carbonyl (C=O) groups is 1. The van der Waals surface area contributed by atoms with Crippen molar-refractivity contribution in [2.75, 3.05) is 0 Å². The molecule has 4 saturated carbocycles. The van der Waals surface area contributed by atoms with Crippen LogP contribution < -0.4 is 0 Å². The number of hydrogen-bond acceptors (Lipinski definition) is 4. The van der Waals surface area contributed by atoms with Crippen molar-refractivity contribution in [2.45, 2.75) is 190 Å². The molecule has 2 N–H and O–H groups in total. The van der Waals surface area contributed by atoms with Gasteiger partial charge in [0.05, 0.1) is 6.10 Å². The van der Waals surface area contributed by atoms with Crippen LogP contribution in [0.15, 0.2) is 41.0 Å². The minimum absolute atomic E-state index is 0.0465. The molecule has 300 valence electrons. The Morgan fingerprint density at radius 2 is 1.63 bits per heavy atom. The molecule has 0 spiro atoms. The first-order valence-electron chi connectivity index (χ1n) is 22.4. The third-order valence-electron chi connectivity index (χ3n) is 18.6. The molecule has 4 fully saturated rings. The maximum Gasteiger partial charge on any atom is 0.302 e. The van der Waals surface area contributed by atoms with Crippen molar-refractivity contribution in [3.63, 3.8) is 0 Å². The van der Waals surface area contributed by atoms with Crippen LogP contribution in [0.1, 0.15) is 183 Å². The molecule has 7 aliphatic carbocycles. The predicted octanol–water partition coefficient (Wildman–Crippen LogP) is 12.7. The molecule has 0 aliphatic heterocycles. The molecule has 1 aromatic carbocycles. The number of aromatic hydroxyl groups is 1. The van der Waals surface area contributed by atoms with E-state index in [0.717, 1.165) is 37.5 Å². The average Bonchev–Trinajstić information content (AvgIpc) is 3.58. The first-order valence-corrected chi connectivity index (χ1v) is 22.4. The highest BCUT2D eigenvalue weighted by molar-refractivity contribution is 5.66. The highest BCUT2D eigenvalue weighted by atomic mass is 16.5. The molecule has 0 bridgehead atoms. The average molecular weight is 741 g/mol. The quantitative estimate of drug-likeness (QED) is 0.233. The summed E-state index contributed by atoms with van der Waals surface area (Å²) in [7, 11) is 0. The summed E-state index contributed by atoms with van der Waals surface area (Å²) in [5, 5.41) is 20.6. The van der Waals surface area contributed by atoms with Crippen molar-refractivity contribution < 1.29 is 19.7 Å². The van der Waals surface area contributed by atoms with Gasteiger partial charge < -0.3 is 14.9 Å². The Kier molecular flexibility index (Phi) is 10.7. The molecule has 12 atom stereocenters. The zero-order valence-corrected chi connectivity index (χ0v) is 36.0. The lowest BCUT2D eigenvalue weighted by molar-refractivity contribution is -0.154. The highest BCUT2D eigenvalue weighted by Gasteiger charge is 2.63. The van der Waals surface area contributed by atoms with Gasteiger partial charge in [0.2, 0.25) is 0 Å². The van der Waals surface area contributed by atoms with E-state index in [1.165, 1.54) is 101 Å². The zero-order valence-electron chi connectivity index (χ0n) is 36.0. The van der Waals surface area contributed by atoms with E-state index in [1.807, 2.05) is 23.3 Å². The molecule has 0 aromatic heterocycles. The molecular formula is C50H76O4. The Bertz CT molecular complexity index is 1650. The maximum absolute atomic E-state index is 11.4. The molecule has 4 nitrogen and oxygen atoms in total. The zero-order chi connectivity index (χ0) is 39.0. The molecule has 8 rings (SSSR count). The molecular weight excluding hydrogens is 665 g/mol. The summed E-state index contributed by atoms with van der Waals surface area (Å²) in [6, 6.07) is 5.93. The van der Waals surface area contributed by atoms with Gasteiger partial charge in [0, 0.05) is 12.3 Å². The van der Waals surface area contributed by atoms with Crippen LogP contribution >= 0.6 is 0 Å². The minimum Gasteiger partial charge on any atom is -0.508 e. The topological polar surface area (TPSA) is 66.8 Å². The number of carbonyl (C=O) groups excluding carboxylic acids is 1. The van der Waals surface area contributed by atoms with Gasteiger partial charge in [-0.25, -0.2) is 0 Å². The van der Waals surface area contributed by atoms with Crippen molar-refractivity contribution in [2.24, 2.45) is 56.7 Å². The highest BCUT2D eigenvalue weighted by Crippen LogP contribution is 2.72. The van der Waals surface area contributed by atoms with Crippen LogP contribution in [-0.2, 0) is 16.0 Å². The van der Waals surface area contributed by atoms with E-state index in [1.54, 1.807) is 0 Å². The summed E-state index contributed by atoms with van der Waals surface area (Å²) in [5.74, 6) is 4.55. The SMILES string of the molecule is CC(=O)OC1CCC2C3CCc4cc(O)ccc4C3CCC12C.CC(C)=CCCC(C)C1CCC2(C)C3=C(CCC12C)C1(C)CCC(O)C(C)(C)C1CC3. The van der Waals surface area contributed by atoms with Gasteiger partial charge in [-0.2, -0.15) is 0 Å². The lowest BCUT2D eigenvalue weighted by atomic mass is 9.43. The number of hydrogen-bond donors (Lipinski definition) is 2. The first kappa shape index (κ1) is 40.1. The molecule has 7 aliphatic rings. The van der Waals surface area contributed by atoms with Gasteiger partial charge in [-0.05, 0) is 197 Å². The summed E-state index contributed by atoms with van der Waals surface area (Å²) >= 11 is 0. The smallest absolute Gasteiger partial charge is 0.302 e. The fraction of sp³-hybridized carbons (Fsp3) is 0.780. The van der Waals surface area contributed by atoms with Gasteiger partial charge in [0.15, 0.2) is 0 Å². The number of rotatable bonds is 5. The van der Waals surface area contributed by atoms with Gasteiger partial charge in [-0.3, -0.25) is 4.79 Å². The summed E-state index contributed by atoms with van der Waals surface area (Å²) in [4.78, 5) is 11.4. The van der Waals surface area contributed by atoms with Crippen molar-refractivity contribution in [1.82, 2.24) is 0 Å². The van der Waals surface area contributed by atoms with Crippen LogP contribution in [0.2, 0.25) is 0 Å². The molecule has 0 amide bonds. The second-order valence-electron chi connectivity index (χ2n) is 21.6. The predicted molar refractivity (Wildman–Crippen MR) is 221 cm³/mol. The van der Waals surface area contributed by atoms with Gasteiger partial charge in [0.25, 0.3) is 0 Å². The maximum atomic E-state index is 11.4. The Morgan fingerprint density at radius 3 is 2.35 bits per heavy atom. The van der Waals surface area contributed by atoms with Crippen molar-refractivity contribution >= 4 is 5.97 Å². The van der Waals surface area contributed by atoms with Crippen molar-refractivity contribution in [3.05, 3.63) is 52.1 Å². The van der Waals surface area contributed by atoms with Crippen LogP contribution in [0.4, 0.5) is 0 Å². The molecule has 0 heterocycles. The molecule has 54 heavy (non-hydrogen) atoms. The van der Waals surface area contributed by atoms with Crippen LogP contribution in [0, 0.1) is 56.7 Å². The standard InChI is InChI=1S/C30H50O.C20H26O3/c1-20(2)10-9-11-21(3)22-14-18-30(8)24-12-13-25-27(4,5)26(31)16-17-28(25,6)23(24)15-19-29(22,30)7;1-12(21)23-19-8-7-18-17-5-3-13-11-14(22)4-6-15(13)16(17)9-10-20(18,19)2/h10,21-22,25-26,31H,9,11-19H2,1-8H3;4,6,11,16-19,22H,3,5,7-10H2,1-2H3. The fourth-order valence-corrected chi connectivity index (χ4v) is 15.4. The normalized spacial score (nSPS) is 42.1. The van der Waals surface area contributed by atoms with Gasteiger partial charge >= 0.3 is 5.97 Å². The molecule has 1 aromatic rings. The monoisotopic (exact) mass is 741 g/mol. The number of ether oxygens (including phenoxy) is 1. The van der Waals surface area contributed by atoms with Crippen LogP contribution in [-0.4, -0.2) is 28.4 Å². The Morgan fingerprint density at radius 1 is 0.870 bits per heavy atom. The number of aliphatic hydroxyl groups is 1. The Balaban J connectivity index is 0.000000174. The second-order valence-corrected chi connectivity index (χ2v) is 21.6. The Labute approximate surface area is 329 Å². The van der Waals surface area contributed by atoms with Crippen LogP contribution in [0.25, 0.3) is 0 Å². The van der Waals surface area contributed by atoms with E-state index < -0.39 is 0 Å². The lowest BCUT2D eigenvalue weighted by Gasteiger charge is -2.62. The molecule has 0 radical (unpaired) electrons. The number of fused-ring (bicyclic) bond motifs is 9. The van der Waals surface area contributed by atoms with E-state index >= 15 is 0 Å². The number of benzene rings is 1. The van der Waals surface area contributed by atoms with E-state index in [-0.39, 0.29) is 29.0 Å². The van der Waals surface area contributed by atoms with E-state index in [0.29, 0.717) is 45.7 Å². The summed E-state index contributed by atoms with van der Waals surface area (Å²) in [5.41, 5.74) is 9.36. The van der Waals surface area contributed by atoms with Crippen molar-refractivity contribution in [3.8, 4) is 5.75 Å². The minimum atomic E-state index is -0.136. The molecule has 0 saturated heterocycles. The molecule has 12 unspecified atom stereocenters. The largest absolute Gasteiger partial charge is 0.508 e. The van der Waals surface area contributed by atoms with Crippen LogP contribution in [0.5, 0.6) is 5.75 Å². The van der Waals surface area contributed by atoms with Gasteiger partial charge in [0.1, 0.15) is 11.9 Å². The number of phenolic OH excluding ortho intramolecular Hbond substituents is 1. The number of aryl methyl sites for hydroxylation is 1. The second kappa shape index (κ2) is 14.4. The summed E-state index contributed by atoms with van der Waals surface area (Å²) in [6.07, 6.45) is 22.0. The van der Waals surface area contributed by atoms with E-state index in [2.05, 4.69) is 74.5 Å². The third kappa shape index (κ3) is 6.38. The van der Waals surface area contributed by atoms with E-state index in [9.17, 15) is 15.0 Å². The third-order valence-corrected chi connectivity index (χ3v) is 18.6. The summed E-state index contributed by atoms with van der Waals surface area (Å²) < 4.78 is 5.68. The number of esters is 1. The van der Waals surface area contributed by atoms with E-state index in [4.69, 9.17) is 4.74 Å². The fourth-order valence-electron chi connectivity index (χ4n) is 15.4. The Hall–Kier alpha value is -2.07. The van der Waals surface area contributed by atoms with Crippen LogP contribution in [0.3, 0.4) is 0 Å². The number of phenols is 1. The van der Waals surface area contributed by atoms with Gasteiger partial charge in [-0.1, -0.05) is 77.3 Å². The first-order chi connectivity index (χ1) is 25.4. The number of allylic oxidation sites excluding steroid dienone is 4.